The Hall–Kier alpha value is -5.42. The third kappa shape index (κ3) is 5.88. The van der Waals surface area contributed by atoms with Crippen LogP contribution in [-0.4, -0.2) is 30.9 Å². The summed E-state index contributed by atoms with van der Waals surface area (Å²) in [5.41, 5.74) is 0.0492. The van der Waals surface area contributed by atoms with Gasteiger partial charge in [-0.15, -0.1) is 0 Å². The van der Waals surface area contributed by atoms with E-state index in [0.29, 0.717) is 12.4 Å². The lowest BCUT2D eigenvalue weighted by molar-refractivity contribution is 0.320. The number of nitrogens with zero attached hydrogens (tertiary/aromatic N) is 4. The van der Waals surface area contributed by atoms with Crippen LogP contribution in [0.2, 0.25) is 0 Å². The molecule has 3 aromatic carbocycles. The van der Waals surface area contributed by atoms with E-state index in [1.54, 1.807) is 31.2 Å². The van der Waals surface area contributed by atoms with Crippen LogP contribution in [0.15, 0.2) is 74.6 Å². The summed E-state index contributed by atoms with van der Waals surface area (Å²) in [6.45, 7) is 2.09. The molecule has 0 aliphatic rings. The zero-order valence-electron chi connectivity index (χ0n) is 18.0. The molecule has 172 valence electrons. The third-order valence-electron chi connectivity index (χ3n) is 4.27. The molecule has 0 spiro atoms. The average molecular weight is 470 g/mol. The molecule has 0 unspecified atom stereocenters. The zero-order valence-corrected chi connectivity index (χ0v) is 18.0. The van der Waals surface area contributed by atoms with Crippen LogP contribution in [0.4, 0.5) is 22.7 Å². The van der Waals surface area contributed by atoms with Gasteiger partial charge in [0.1, 0.15) is 28.5 Å². The van der Waals surface area contributed by atoms with Crippen LogP contribution in [0, 0.1) is 0 Å². The first-order valence-electron chi connectivity index (χ1n) is 9.85. The first kappa shape index (κ1) is 24.2. The second kappa shape index (κ2) is 12.0. The highest BCUT2D eigenvalue weighted by Gasteiger charge is 2.16. The Labute approximate surface area is 197 Å². The van der Waals surface area contributed by atoms with Crippen LogP contribution in [0.1, 0.15) is 6.92 Å². The molecular weight excluding hydrogens is 456 g/mol. The molecule has 11 nitrogen and oxygen atoms in total. The normalized spacial score (nSPS) is 9.40. The summed E-state index contributed by atoms with van der Waals surface area (Å²) in [6.07, 6.45) is 5.57. The molecule has 0 bridgehead atoms. The van der Waals surface area contributed by atoms with Gasteiger partial charge in [-0.05, 0) is 43.3 Å². The summed E-state index contributed by atoms with van der Waals surface area (Å²) in [4.78, 5) is 57.4. The number of para-hydroxylation sites is 2. The van der Waals surface area contributed by atoms with Crippen molar-refractivity contribution in [3.63, 3.8) is 0 Å². The van der Waals surface area contributed by atoms with Crippen molar-refractivity contribution >= 4 is 47.1 Å². The van der Waals surface area contributed by atoms with Gasteiger partial charge >= 0.3 is 0 Å². The number of benzene rings is 3. The molecule has 11 heteroatoms. The fourth-order valence-electron chi connectivity index (χ4n) is 2.93. The van der Waals surface area contributed by atoms with Crippen LogP contribution in [0.25, 0.3) is 0 Å². The maximum atomic E-state index is 10.9. The van der Waals surface area contributed by atoms with Crippen molar-refractivity contribution in [2.45, 2.75) is 6.92 Å². The van der Waals surface area contributed by atoms with Gasteiger partial charge in [0.15, 0.2) is 23.0 Å². The van der Waals surface area contributed by atoms with Crippen molar-refractivity contribution in [3.8, 4) is 28.7 Å². The highest BCUT2D eigenvalue weighted by molar-refractivity contribution is 5.76. The number of isocyanates is 4. The van der Waals surface area contributed by atoms with Gasteiger partial charge in [0.25, 0.3) is 0 Å². The van der Waals surface area contributed by atoms with Crippen LogP contribution in [-0.2, 0) is 19.2 Å². The first-order valence-corrected chi connectivity index (χ1v) is 9.85. The predicted octanol–water partition coefficient (Wildman–Crippen LogP) is 5.54. The smallest absolute Gasteiger partial charge is 0.240 e. The molecule has 0 aliphatic carbocycles. The van der Waals surface area contributed by atoms with Crippen LogP contribution in [0.3, 0.4) is 0 Å². The number of ether oxygens (including phenoxy) is 3. The van der Waals surface area contributed by atoms with Crippen molar-refractivity contribution < 1.29 is 33.4 Å². The highest BCUT2D eigenvalue weighted by Crippen LogP contribution is 2.44. The van der Waals surface area contributed by atoms with Gasteiger partial charge in [-0.2, -0.15) is 20.0 Å². The molecule has 0 amide bonds. The molecule has 0 N–H and O–H groups in total. The van der Waals surface area contributed by atoms with Gasteiger partial charge in [0.2, 0.25) is 24.3 Å². The highest BCUT2D eigenvalue weighted by atomic mass is 16.5. The Morgan fingerprint density at radius 3 is 1.69 bits per heavy atom. The Morgan fingerprint density at radius 1 is 0.629 bits per heavy atom. The number of hydrogen-bond donors (Lipinski definition) is 0. The Balaban J connectivity index is 2.08. The molecule has 3 rings (SSSR count). The van der Waals surface area contributed by atoms with Crippen molar-refractivity contribution in [3.05, 3.63) is 54.6 Å². The van der Waals surface area contributed by atoms with E-state index in [1.165, 1.54) is 54.7 Å². The fourth-order valence-corrected chi connectivity index (χ4v) is 2.93. The van der Waals surface area contributed by atoms with Crippen molar-refractivity contribution in [2.24, 2.45) is 20.0 Å². The van der Waals surface area contributed by atoms with Crippen LogP contribution < -0.4 is 14.2 Å². The zero-order chi connectivity index (χ0) is 25.0. The minimum Gasteiger partial charge on any atom is -0.490 e. The molecule has 3 aromatic rings. The maximum Gasteiger partial charge on any atom is 0.240 e. The molecule has 0 fully saturated rings. The van der Waals surface area contributed by atoms with E-state index in [9.17, 15) is 19.2 Å². The monoisotopic (exact) mass is 470 g/mol. The fraction of sp³-hybridized carbons (Fsp3) is 0.0833. The van der Waals surface area contributed by atoms with E-state index in [-0.39, 0.29) is 45.7 Å². The summed E-state index contributed by atoms with van der Waals surface area (Å²) < 4.78 is 17.4. The Bertz CT molecular complexity index is 1440. The minimum atomic E-state index is -0.0401. The van der Waals surface area contributed by atoms with Gasteiger partial charge in [-0.3, -0.25) is 0 Å². The summed E-state index contributed by atoms with van der Waals surface area (Å²) in [5, 5.41) is 0. The molecule has 0 radical (unpaired) electrons. The summed E-state index contributed by atoms with van der Waals surface area (Å²) in [7, 11) is 0. The quantitative estimate of drug-likeness (QED) is 0.279. The van der Waals surface area contributed by atoms with E-state index < -0.39 is 0 Å². The predicted molar refractivity (Wildman–Crippen MR) is 122 cm³/mol. The number of hydrogen-bond acceptors (Lipinski definition) is 11. The van der Waals surface area contributed by atoms with Crippen molar-refractivity contribution in [2.75, 3.05) is 6.61 Å². The summed E-state index contributed by atoms with van der Waals surface area (Å²) in [5.74, 6) is 0.919. The van der Waals surface area contributed by atoms with Gasteiger partial charge < -0.3 is 14.2 Å². The molecule has 0 aliphatic heterocycles. The topological polar surface area (TPSA) is 145 Å². The van der Waals surface area contributed by atoms with Gasteiger partial charge in [0.05, 0.1) is 6.61 Å². The van der Waals surface area contributed by atoms with E-state index in [4.69, 9.17) is 14.2 Å². The molecule has 0 saturated carbocycles. The molecule has 0 heterocycles. The standard InChI is InChI=1S/C24H14N4O7/c1-2-33-19-10-9-16(34-20-7-3-5-17(25-12-29)23(20)27-14-31)11-22(19)35-21-8-4-6-18(26-13-30)24(21)28-15-32/h3-11H,2H2,1H3. The average Bonchev–Trinajstić information content (AvgIpc) is 2.85. The second-order valence-corrected chi connectivity index (χ2v) is 6.31. The number of carbonyl (C=O) groups excluding carboxylic acids is 4. The Kier molecular flexibility index (Phi) is 8.30. The molecular formula is C24H14N4O7. The summed E-state index contributed by atoms with van der Waals surface area (Å²) >= 11 is 0. The van der Waals surface area contributed by atoms with Crippen molar-refractivity contribution in [1.82, 2.24) is 0 Å². The molecule has 0 aromatic heterocycles. The molecule has 0 atom stereocenters. The van der Waals surface area contributed by atoms with Crippen LogP contribution in [0.5, 0.6) is 28.7 Å². The molecule has 0 saturated heterocycles. The van der Waals surface area contributed by atoms with Gasteiger partial charge in [0, 0.05) is 6.07 Å². The van der Waals surface area contributed by atoms with E-state index in [0.717, 1.165) is 0 Å². The SMILES string of the molecule is CCOc1ccc(Oc2cccc(N=C=O)c2N=C=O)cc1Oc1cccc(N=C=O)c1N=C=O. The minimum absolute atomic E-state index is 0.0239. The largest absolute Gasteiger partial charge is 0.490 e. The second-order valence-electron chi connectivity index (χ2n) is 6.31. The lowest BCUT2D eigenvalue weighted by atomic mass is 10.2. The van der Waals surface area contributed by atoms with Crippen molar-refractivity contribution in [1.29, 1.82) is 0 Å². The number of aliphatic imine (C=N–C) groups is 4. The third-order valence-corrected chi connectivity index (χ3v) is 4.27. The summed E-state index contributed by atoms with van der Waals surface area (Å²) in [6, 6.07) is 13.6. The van der Waals surface area contributed by atoms with E-state index >= 15 is 0 Å². The number of rotatable bonds is 10. The lowest BCUT2D eigenvalue weighted by Gasteiger charge is -2.15. The van der Waals surface area contributed by atoms with Gasteiger partial charge in [-0.25, -0.2) is 19.2 Å². The lowest BCUT2D eigenvalue weighted by Crippen LogP contribution is -1.96. The molecule has 35 heavy (non-hydrogen) atoms. The van der Waals surface area contributed by atoms with E-state index in [1.807, 2.05) is 0 Å². The van der Waals surface area contributed by atoms with Gasteiger partial charge in [-0.1, -0.05) is 12.1 Å². The maximum absolute atomic E-state index is 10.9. The Morgan fingerprint density at radius 2 is 1.17 bits per heavy atom. The first-order chi connectivity index (χ1) is 17.1. The van der Waals surface area contributed by atoms with Crippen LogP contribution >= 0.6 is 0 Å². The van der Waals surface area contributed by atoms with E-state index in [2.05, 4.69) is 20.0 Å².